The van der Waals surface area contributed by atoms with Crippen molar-refractivity contribution in [2.75, 3.05) is 7.11 Å². The SMILES string of the molecule is COc1ncccc1[C]=O. The summed E-state index contributed by atoms with van der Waals surface area (Å²) in [5.74, 6) is 0.317. The standard InChI is InChI=1S/C7H6NO2/c1-10-7-6(5-9)3-2-4-8-7/h2-4H,1H3. The molecule has 51 valence electrons. The first-order valence-electron chi connectivity index (χ1n) is 2.75. The van der Waals surface area contributed by atoms with E-state index in [9.17, 15) is 4.79 Å². The van der Waals surface area contributed by atoms with Gasteiger partial charge in [0.15, 0.2) is 0 Å². The molecule has 0 aromatic carbocycles. The highest BCUT2D eigenvalue weighted by Crippen LogP contribution is 2.09. The fourth-order valence-electron chi connectivity index (χ4n) is 0.631. The zero-order valence-corrected chi connectivity index (χ0v) is 5.50. The van der Waals surface area contributed by atoms with Gasteiger partial charge in [-0.3, -0.25) is 4.79 Å². The molecule has 1 radical (unpaired) electrons. The number of hydrogen-bond acceptors (Lipinski definition) is 3. The lowest BCUT2D eigenvalue weighted by Crippen LogP contribution is -1.92. The fraction of sp³-hybridized carbons (Fsp3) is 0.143. The first-order chi connectivity index (χ1) is 4.88. The van der Waals surface area contributed by atoms with Crippen LogP contribution in [0.25, 0.3) is 0 Å². The molecule has 10 heavy (non-hydrogen) atoms. The number of nitrogens with zero attached hydrogens (tertiary/aromatic N) is 1. The Kier molecular flexibility index (Phi) is 1.99. The molecule has 0 aliphatic rings. The highest BCUT2D eigenvalue weighted by molar-refractivity contribution is 5.78. The Balaban J connectivity index is 3.08. The Bertz CT molecular complexity index is 235. The van der Waals surface area contributed by atoms with Crippen molar-refractivity contribution < 1.29 is 9.53 Å². The first-order valence-corrected chi connectivity index (χ1v) is 2.75. The summed E-state index contributed by atoms with van der Waals surface area (Å²) in [6.45, 7) is 0. The summed E-state index contributed by atoms with van der Waals surface area (Å²) in [7, 11) is 1.46. The zero-order valence-electron chi connectivity index (χ0n) is 5.50. The van der Waals surface area contributed by atoms with Gasteiger partial charge in [-0.05, 0) is 12.1 Å². The maximum atomic E-state index is 10.1. The van der Waals surface area contributed by atoms with Crippen LogP contribution in [0.5, 0.6) is 5.88 Å². The van der Waals surface area contributed by atoms with E-state index >= 15 is 0 Å². The highest BCUT2D eigenvalue weighted by atomic mass is 16.5. The Morgan fingerprint density at radius 3 is 3.00 bits per heavy atom. The number of carbonyl (C=O) groups excluding carboxylic acids is 1. The van der Waals surface area contributed by atoms with Gasteiger partial charge in [0.1, 0.15) is 0 Å². The van der Waals surface area contributed by atoms with E-state index in [1.165, 1.54) is 7.11 Å². The lowest BCUT2D eigenvalue weighted by Gasteiger charge is -1.97. The molecule has 0 unspecified atom stereocenters. The van der Waals surface area contributed by atoms with E-state index in [-0.39, 0.29) is 0 Å². The summed E-state index contributed by atoms with van der Waals surface area (Å²) in [5, 5.41) is 0. The minimum absolute atomic E-state index is 0.317. The number of ether oxygens (including phenoxy) is 1. The third-order valence-electron chi connectivity index (χ3n) is 1.07. The summed E-state index contributed by atoms with van der Waals surface area (Å²) in [4.78, 5) is 13.9. The van der Waals surface area contributed by atoms with Crippen LogP contribution in [0.15, 0.2) is 18.3 Å². The van der Waals surface area contributed by atoms with Crippen molar-refractivity contribution in [3.63, 3.8) is 0 Å². The topological polar surface area (TPSA) is 39.2 Å². The van der Waals surface area contributed by atoms with E-state index in [0.29, 0.717) is 11.4 Å². The maximum Gasteiger partial charge on any atom is 0.239 e. The van der Waals surface area contributed by atoms with Crippen molar-refractivity contribution in [1.82, 2.24) is 4.98 Å². The molecule has 3 heteroatoms. The summed E-state index contributed by atoms with van der Waals surface area (Å²) < 4.78 is 4.76. The summed E-state index contributed by atoms with van der Waals surface area (Å²) in [5.41, 5.74) is 0.352. The van der Waals surface area contributed by atoms with Crippen LogP contribution in [0.4, 0.5) is 0 Å². The van der Waals surface area contributed by atoms with E-state index in [0.717, 1.165) is 0 Å². The number of hydrogen-bond donors (Lipinski definition) is 0. The van der Waals surface area contributed by atoms with Gasteiger partial charge < -0.3 is 4.74 Å². The Hall–Kier alpha value is -1.38. The van der Waals surface area contributed by atoms with Crippen molar-refractivity contribution in [3.05, 3.63) is 23.9 Å². The molecular formula is C7H6NO2. The molecule has 0 atom stereocenters. The molecule has 0 fully saturated rings. The van der Waals surface area contributed by atoms with Crippen LogP contribution in [0.1, 0.15) is 5.56 Å². The van der Waals surface area contributed by atoms with Gasteiger partial charge in [-0.25, -0.2) is 4.98 Å². The van der Waals surface area contributed by atoms with Gasteiger partial charge in [-0.1, -0.05) is 0 Å². The predicted molar refractivity (Wildman–Crippen MR) is 35.6 cm³/mol. The zero-order chi connectivity index (χ0) is 7.40. The smallest absolute Gasteiger partial charge is 0.239 e. The monoisotopic (exact) mass is 136 g/mol. The second-order valence-corrected chi connectivity index (χ2v) is 1.66. The largest absolute Gasteiger partial charge is 0.480 e. The second-order valence-electron chi connectivity index (χ2n) is 1.66. The predicted octanol–water partition coefficient (Wildman–Crippen LogP) is 0.548. The van der Waals surface area contributed by atoms with Crippen molar-refractivity contribution in [2.45, 2.75) is 0 Å². The number of methoxy groups -OCH3 is 1. The van der Waals surface area contributed by atoms with Crippen LogP contribution in [0, 0.1) is 0 Å². The Labute approximate surface area is 58.7 Å². The van der Waals surface area contributed by atoms with Crippen molar-refractivity contribution >= 4 is 6.29 Å². The molecule has 0 aliphatic carbocycles. The molecule has 0 bridgehead atoms. The number of aromatic nitrogens is 1. The van der Waals surface area contributed by atoms with E-state index in [1.807, 2.05) is 0 Å². The fourth-order valence-corrected chi connectivity index (χ4v) is 0.631. The highest BCUT2D eigenvalue weighted by Gasteiger charge is 1.99. The molecule has 1 aromatic heterocycles. The molecule has 3 nitrogen and oxygen atoms in total. The van der Waals surface area contributed by atoms with E-state index in [1.54, 1.807) is 24.6 Å². The molecule has 1 rings (SSSR count). The molecule has 0 aliphatic heterocycles. The van der Waals surface area contributed by atoms with Crippen molar-refractivity contribution in [3.8, 4) is 5.88 Å². The van der Waals surface area contributed by atoms with Gasteiger partial charge >= 0.3 is 0 Å². The minimum Gasteiger partial charge on any atom is -0.480 e. The van der Waals surface area contributed by atoms with E-state index in [4.69, 9.17) is 4.74 Å². The average molecular weight is 136 g/mol. The lowest BCUT2D eigenvalue weighted by atomic mass is 10.3. The summed E-state index contributed by atoms with van der Waals surface area (Å²) >= 11 is 0. The minimum atomic E-state index is 0.317. The Morgan fingerprint density at radius 2 is 2.50 bits per heavy atom. The summed E-state index contributed by atoms with van der Waals surface area (Å²) in [6.07, 6.45) is 3.26. The molecule has 0 saturated carbocycles. The molecule has 1 aromatic rings. The van der Waals surface area contributed by atoms with Gasteiger partial charge in [0.2, 0.25) is 12.2 Å². The van der Waals surface area contributed by atoms with Crippen LogP contribution in [-0.2, 0) is 4.79 Å². The van der Waals surface area contributed by atoms with Crippen LogP contribution < -0.4 is 4.74 Å². The van der Waals surface area contributed by atoms with Crippen molar-refractivity contribution in [1.29, 1.82) is 0 Å². The second kappa shape index (κ2) is 2.96. The third kappa shape index (κ3) is 1.13. The number of rotatable bonds is 2. The Morgan fingerprint density at radius 1 is 1.70 bits per heavy atom. The molecular weight excluding hydrogens is 130 g/mol. The normalized spacial score (nSPS) is 8.90. The van der Waals surface area contributed by atoms with Crippen LogP contribution >= 0.6 is 0 Å². The number of pyridine rings is 1. The molecule has 0 saturated heterocycles. The van der Waals surface area contributed by atoms with E-state index < -0.39 is 0 Å². The average Bonchev–Trinajstić information content (AvgIpc) is 2.04. The van der Waals surface area contributed by atoms with Gasteiger partial charge in [0.25, 0.3) is 0 Å². The molecule has 0 amide bonds. The summed E-state index contributed by atoms with van der Waals surface area (Å²) in [6, 6.07) is 3.25. The molecule has 1 heterocycles. The van der Waals surface area contributed by atoms with Crippen LogP contribution in [-0.4, -0.2) is 18.4 Å². The first kappa shape index (κ1) is 6.74. The maximum absolute atomic E-state index is 10.1. The third-order valence-corrected chi connectivity index (χ3v) is 1.07. The van der Waals surface area contributed by atoms with Gasteiger partial charge in [-0.15, -0.1) is 0 Å². The van der Waals surface area contributed by atoms with Crippen molar-refractivity contribution in [2.24, 2.45) is 0 Å². The lowest BCUT2D eigenvalue weighted by molar-refractivity contribution is 0.396. The molecule has 0 N–H and O–H groups in total. The quantitative estimate of drug-likeness (QED) is 0.596. The van der Waals surface area contributed by atoms with Gasteiger partial charge in [0.05, 0.1) is 12.7 Å². The molecule has 0 spiro atoms. The van der Waals surface area contributed by atoms with Gasteiger partial charge in [0, 0.05) is 6.20 Å². The van der Waals surface area contributed by atoms with E-state index in [2.05, 4.69) is 4.98 Å². The van der Waals surface area contributed by atoms with Crippen LogP contribution in [0.3, 0.4) is 0 Å². The van der Waals surface area contributed by atoms with Crippen LogP contribution in [0.2, 0.25) is 0 Å². The van der Waals surface area contributed by atoms with Gasteiger partial charge in [-0.2, -0.15) is 0 Å².